The van der Waals surface area contributed by atoms with E-state index < -0.39 is 0 Å². The van der Waals surface area contributed by atoms with Crippen LogP contribution in [0.5, 0.6) is 0 Å². The van der Waals surface area contributed by atoms with E-state index in [-0.39, 0.29) is 21.4 Å². The summed E-state index contributed by atoms with van der Waals surface area (Å²) in [5.41, 5.74) is 8.22. The highest BCUT2D eigenvalue weighted by Crippen LogP contribution is 2.38. The van der Waals surface area contributed by atoms with Gasteiger partial charge in [-0.1, -0.05) is 41.5 Å². The van der Waals surface area contributed by atoms with Gasteiger partial charge < -0.3 is 5.73 Å². The SMILES string of the molecule is CC(C)(C)c1cc([N+](=O)[O-])cc(C(C)(C)C)c1N. The summed E-state index contributed by atoms with van der Waals surface area (Å²) in [6.07, 6.45) is 0. The van der Waals surface area contributed by atoms with Crippen LogP contribution in [-0.2, 0) is 10.8 Å². The van der Waals surface area contributed by atoms with Gasteiger partial charge in [-0.25, -0.2) is 0 Å². The summed E-state index contributed by atoms with van der Waals surface area (Å²) >= 11 is 0. The van der Waals surface area contributed by atoms with Crippen molar-refractivity contribution in [2.75, 3.05) is 5.73 Å². The Labute approximate surface area is 108 Å². The van der Waals surface area contributed by atoms with Crippen molar-refractivity contribution < 1.29 is 4.92 Å². The number of nitrogen functional groups attached to an aromatic ring is 1. The number of hydrogen-bond acceptors (Lipinski definition) is 3. The minimum atomic E-state index is -0.357. The molecular weight excluding hydrogens is 228 g/mol. The lowest BCUT2D eigenvalue weighted by Gasteiger charge is -2.27. The molecule has 0 aliphatic rings. The molecule has 0 aliphatic heterocycles. The van der Waals surface area contributed by atoms with Gasteiger partial charge in [0, 0.05) is 17.8 Å². The first kappa shape index (κ1) is 14.5. The zero-order chi connectivity index (χ0) is 14.3. The van der Waals surface area contributed by atoms with Crippen molar-refractivity contribution in [3.8, 4) is 0 Å². The molecule has 0 heterocycles. The standard InChI is InChI=1S/C14H22N2O2/c1-13(2,3)10-7-9(16(17)18)8-11(12(10)15)14(4,5)6/h7-8H,15H2,1-6H3. The van der Waals surface area contributed by atoms with Crippen molar-refractivity contribution in [1.29, 1.82) is 0 Å². The van der Waals surface area contributed by atoms with Gasteiger partial charge in [-0.15, -0.1) is 0 Å². The molecule has 0 fully saturated rings. The van der Waals surface area contributed by atoms with Crippen LogP contribution in [0.3, 0.4) is 0 Å². The van der Waals surface area contributed by atoms with Gasteiger partial charge in [0.2, 0.25) is 0 Å². The van der Waals surface area contributed by atoms with E-state index in [2.05, 4.69) is 0 Å². The molecule has 4 nitrogen and oxygen atoms in total. The topological polar surface area (TPSA) is 69.2 Å². The van der Waals surface area contributed by atoms with Gasteiger partial charge in [-0.2, -0.15) is 0 Å². The first-order chi connectivity index (χ1) is 7.94. The fourth-order valence-electron chi connectivity index (χ4n) is 1.98. The van der Waals surface area contributed by atoms with Crippen LogP contribution < -0.4 is 5.73 Å². The van der Waals surface area contributed by atoms with E-state index in [9.17, 15) is 10.1 Å². The van der Waals surface area contributed by atoms with Crippen LogP contribution in [0.25, 0.3) is 0 Å². The highest BCUT2D eigenvalue weighted by Gasteiger charge is 2.27. The maximum absolute atomic E-state index is 11.0. The molecule has 0 aliphatic carbocycles. The van der Waals surface area contributed by atoms with E-state index in [1.807, 2.05) is 41.5 Å². The molecule has 0 amide bonds. The largest absolute Gasteiger partial charge is 0.398 e. The van der Waals surface area contributed by atoms with Gasteiger partial charge in [0.25, 0.3) is 5.69 Å². The van der Waals surface area contributed by atoms with E-state index in [1.165, 1.54) is 0 Å². The van der Waals surface area contributed by atoms with E-state index in [0.717, 1.165) is 11.1 Å². The molecule has 0 atom stereocenters. The molecule has 1 rings (SSSR count). The quantitative estimate of drug-likeness (QED) is 0.468. The van der Waals surface area contributed by atoms with Gasteiger partial charge in [0.05, 0.1) is 4.92 Å². The second kappa shape index (κ2) is 4.26. The molecule has 0 bridgehead atoms. The molecule has 100 valence electrons. The number of nitrogens with two attached hydrogens (primary N) is 1. The zero-order valence-electron chi connectivity index (χ0n) is 12.0. The molecule has 0 spiro atoms. The van der Waals surface area contributed by atoms with Gasteiger partial charge in [-0.05, 0) is 22.0 Å². The van der Waals surface area contributed by atoms with Crippen molar-refractivity contribution in [2.24, 2.45) is 0 Å². The molecule has 0 radical (unpaired) electrons. The van der Waals surface area contributed by atoms with Crippen LogP contribution in [0.2, 0.25) is 0 Å². The molecular formula is C14H22N2O2. The van der Waals surface area contributed by atoms with Crippen LogP contribution in [0.4, 0.5) is 11.4 Å². The Balaban J connectivity index is 3.64. The Hall–Kier alpha value is -1.58. The number of nitro groups is 1. The highest BCUT2D eigenvalue weighted by atomic mass is 16.6. The van der Waals surface area contributed by atoms with Crippen molar-refractivity contribution >= 4 is 11.4 Å². The minimum Gasteiger partial charge on any atom is -0.398 e. The highest BCUT2D eigenvalue weighted by molar-refractivity contribution is 5.63. The summed E-state index contributed by atoms with van der Waals surface area (Å²) in [6.45, 7) is 12.1. The first-order valence-electron chi connectivity index (χ1n) is 6.03. The summed E-state index contributed by atoms with van der Waals surface area (Å²) in [7, 11) is 0. The van der Waals surface area contributed by atoms with Crippen molar-refractivity contribution in [3.05, 3.63) is 33.4 Å². The molecule has 0 unspecified atom stereocenters. The molecule has 0 aromatic heterocycles. The fraction of sp³-hybridized carbons (Fsp3) is 0.571. The van der Waals surface area contributed by atoms with Gasteiger partial charge >= 0.3 is 0 Å². The van der Waals surface area contributed by atoms with Crippen LogP contribution >= 0.6 is 0 Å². The van der Waals surface area contributed by atoms with Crippen molar-refractivity contribution in [2.45, 2.75) is 52.4 Å². The number of rotatable bonds is 1. The van der Waals surface area contributed by atoms with E-state index in [4.69, 9.17) is 5.73 Å². The number of nitro benzene ring substituents is 1. The number of non-ortho nitro benzene ring substituents is 1. The lowest BCUT2D eigenvalue weighted by atomic mass is 9.78. The Morgan fingerprint density at radius 2 is 1.33 bits per heavy atom. The smallest absolute Gasteiger partial charge is 0.270 e. The molecule has 0 saturated carbocycles. The summed E-state index contributed by atoms with van der Waals surface area (Å²) < 4.78 is 0. The molecule has 18 heavy (non-hydrogen) atoms. The van der Waals surface area contributed by atoms with Gasteiger partial charge in [0.15, 0.2) is 0 Å². The van der Waals surface area contributed by atoms with Crippen molar-refractivity contribution in [3.63, 3.8) is 0 Å². The average molecular weight is 250 g/mol. The maximum atomic E-state index is 11.0. The number of anilines is 1. The third kappa shape index (κ3) is 2.81. The maximum Gasteiger partial charge on any atom is 0.270 e. The summed E-state index contributed by atoms with van der Waals surface area (Å²) in [6, 6.07) is 3.18. The zero-order valence-corrected chi connectivity index (χ0v) is 12.0. The molecule has 2 N–H and O–H groups in total. The predicted molar refractivity (Wildman–Crippen MR) is 74.9 cm³/mol. The third-order valence-corrected chi connectivity index (χ3v) is 2.99. The third-order valence-electron chi connectivity index (χ3n) is 2.99. The number of hydrogen-bond donors (Lipinski definition) is 1. The molecule has 4 heteroatoms. The monoisotopic (exact) mass is 250 g/mol. The van der Waals surface area contributed by atoms with E-state index >= 15 is 0 Å². The van der Waals surface area contributed by atoms with E-state index in [1.54, 1.807) is 12.1 Å². The lowest BCUT2D eigenvalue weighted by molar-refractivity contribution is -0.385. The number of nitrogens with zero attached hydrogens (tertiary/aromatic N) is 1. The lowest BCUT2D eigenvalue weighted by Crippen LogP contribution is -2.20. The second-order valence-corrected chi connectivity index (χ2v) is 6.71. The first-order valence-corrected chi connectivity index (χ1v) is 6.03. The van der Waals surface area contributed by atoms with E-state index in [0.29, 0.717) is 5.69 Å². The van der Waals surface area contributed by atoms with Crippen LogP contribution in [0.1, 0.15) is 52.7 Å². The van der Waals surface area contributed by atoms with Crippen LogP contribution in [0, 0.1) is 10.1 Å². The minimum absolute atomic E-state index is 0.110. The summed E-state index contributed by atoms with van der Waals surface area (Å²) in [5, 5.41) is 11.0. The summed E-state index contributed by atoms with van der Waals surface area (Å²) in [4.78, 5) is 10.7. The average Bonchev–Trinajstić information content (AvgIpc) is 2.13. The Morgan fingerprint density at radius 1 is 1.00 bits per heavy atom. The van der Waals surface area contributed by atoms with Crippen LogP contribution in [-0.4, -0.2) is 4.92 Å². The summed E-state index contributed by atoms with van der Waals surface area (Å²) in [5.74, 6) is 0. The predicted octanol–water partition coefficient (Wildman–Crippen LogP) is 3.77. The molecule has 1 aromatic rings. The van der Waals surface area contributed by atoms with Crippen LogP contribution in [0.15, 0.2) is 12.1 Å². The normalized spacial score (nSPS) is 12.6. The fourth-order valence-corrected chi connectivity index (χ4v) is 1.98. The molecule has 1 aromatic carbocycles. The second-order valence-electron chi connectivity index (χ2n) is 6.71. The Morgan fingerprint density at radius 3 is 1.56 bits per heavy atom. The van der Waals surface area contributed by atoms with Crippen molar-refractivity contribution in [1.82, 2.24) is 0 Å². The van der Waals surface area contributed by atoms with Gasteiger partial charge in [-0.3, -0.25) is 10.1 Å². The van der Waals surface area contributed by atoms with Gasteiger partial charge in [0.1, 0.15) is 0 Å². The Kier molecular flexibility index (Phi) is 3.43. The number of benzene rings is 1. The Bertz CT molecular complexity index is 445. The molecule has 0 saturated heterocycles.